The van der Waals surface area contributed by atoms with Gasteiger partial charge in [-0.3, -0.25) is 0 Å². The molecule has 0 radical (unpaired) electrons. The van der Waals surface area contributed by atoms with Crippen LogP contribution in [0.15, 0.2) is 24.8 Å². The molecule has 12 heavy (non-hydrogen) atoms. The summed E-state index contributed by atoms with van der Waals surface area (Å²) in [7, 11) is 0. The van der Waals surface area contributed by atoms with Gasteiger partial charge in [0.1, 0.15) is 12.7 Å². The Labute approximate surface area is 73.1 Å². The predicted octanol–water partition coefficient (Wildman–Crippen LogP) is 1.88. The van der Waals surface area contributed by atoms with Gasteiger partial charge >= 0.3 is 0 Å². The molecule has 1 rings (SSSR count). The topological polar surface area (TPSA) is 30.7 Å². The number of hydrogen-bond donors (Lipinski definition) is 0. The zero-order valence-electron chi connectivity index (χ0n) is 7.91. The maximum absolute atomic E-state index is 4.01. The summed E-state index contributed by atoms with van der Waals surface area (Å²) >= 11 is 0. The van der Waals surface area contributed by atoms with Crippen molar-refractivity contribution < 1.29 is 0 Å². The molecule has 0 aliphatic rings. The average Bonchev–Trinajstić information content (AvgIpc) is 2.37. The van der Waals surface area contributed by atoms with Crippen molar-refractivity contribution >= 4 is 0 Å². The second-order valence-corrected chi connectivity index (χ2v) is 3.95. The Balaban J connectivity index is 2.60. The van der Waals surface area contributed by atoms with Crippen molar-refractivity contribution in [3.63, 3.8) is 0 Å². The molecule has 0 saturated carbocycles. The van der Waals surface area contributed by atoms with Crippen LogP contribution in [-0.4, -0.2) is 14.8 Å². The Morgan fingerprint density at radius 3 is 2.58 bits per heavy atom. The minimum absolute atomic E-state index is 0.145. The van der Waals surface area contributed by atoms with Crippen LogP contribution in [0.1, 0.15) is 20.8 Å². The molecule has 3 heteroatoms. The molecule has 0 atom stereocenters. The van der Waals surface area contributed by atoms with Gasteiger partial charge in [0.2, 0.25) is 0 Å². The highest BCUT2D eigenvalue weighted by atomic mass is 15.3. The monoisotopic (exact) mass is 165 g/mol. The highest BCUT2D eigenvalue weighted by molar-refractivity contribution is 5.04. The van der Waals surface area contributed by atoms with Gasteiger partial charge in [-0.15, -0.1) is 0 Å². The molecule has 0 fully saturated rings. The fourth-order valence-corrected chi connectivity index (χ4v) is 0.747. The van der Waals surface area contributed by atoms with E-state index in [0.29, 0.717) is 0 Å². The Morgan fingerprint density at radius 1 is 1.50 bits per heavy atom. The van der Waals surface area contributed by atoms with Crippen LogP contribution in [0.5, 0.6) is 0 Å². The highest BCUT2D eigenvalue weighted by Crippen LogP contribution is 2.24. The largest absolute Gasteiger partial charge is 0.249 e. The van der Waals surface area contributed by atoms with Crippen molar-refractivity contribution in [1.29, 1.82) is 0 Å². The van der Waals surface area contributed by atoms with E-state index in [1.54, 1.807) is 11.0 Å². The molecule has 0 aliphatic carbocycles. The summed E-state index contributed by atoms with van der Waals surface area (Å²) < 4.78 is 1.79. The van der Waals surface area contributed by atoms with E-state index >= 15 is 0 Å². The van der Waals surface area contributed by atoms with E-state index in [-0.39, 0.29) is 5.41 Å². The summed E-state index contributed by atoms with van der Waals surface area (Å²) in [6.07, 6.45) is 3.24. The van der Waals surface area contributed by atoms with Gasteiger partial charge in [-0.2, -0.15) is 5.10 Å². The smallest absolute Gasteiger partial charge is 0.137 e. The van der Waals surface area contributed by atoms with E-state index in [1.807, 2.05) is 0 Å². The summed E-state index contributed by atoms with van der Waals surface area (Å²) in [6, 6.07) is 0. The van der Waals surface area contributed by atoms with Crippen LogP contribution < -0.4 is 0 Å². The number of rotatable bonds is 2. The fourth-order valence-electron chi connectivity index (χ4n) is 0.747. The van der Waals surface area contributed by atoms with Crippen LogP contribution in [0, 0.1) is 5.41 Å². The zero-order valence-corrected chi connectivity index (χ0v) is 7.91. The maximum atomic E-state index is 4.01. The second-order valence-electron chi connectivity index (χ2n) is 3.95. The predicted molar refractivity (Wildman–Crippen MR) is 48.6 cm³/mol. The quantitative estimate of drug-likeness (QED) is 0.626. The molecule has 0 N–H and O–H groups in total. The first-order valence-corrected chi connectivity index (χ1v) is 4.01. The third-order valence-corrected chi connectivity index (χ3v) is 1.88. The molecule has 0 aliphatic heterocycles. The van der Waals surface area contributed by atoms with Crippen LogP contribution in [0.4, 0.5) is 0 Å². The number of aromatic nitrogens is 3. The first-order valence-electron chi connectivity index (χ1n) is 4.01. The Hall–Kier alpha value is -1.12. The lowest BCUT2D eigenvalue weighted by atomic mass is 9.88. The molecule has 0 amide bonds. The standard InChI is InChI=1S/C9H15N3/c1-8(9(2,3)4)5-12-7-10-6-11-12/h6-7H,1,5H2,2-4H3. The van der Waals surface area contributed by atoms with Gasteiger partial charge in [-0.1, -0.05) is 32.9 Å². The second kappa shape index (κ2) is 3.09. The molecule has 1 heterocycles. The third-order valence-electron chi connectivity index (χ3n) is 1.88. The van der Waals surface area contributed by atoms with Crippen LogP contribution in [0.2, 0.25) is 0 Å². The van der Waals surface area contributed by atoms with Gasteiger partial charge in [0.05, 0.1) is 6.54 Å². The van der Waals surface area contributed by atoms with Crippen LogP contribution in [0.3, 0.4) is 0 Å². The molecule has 0 aromatic carbocycles. The normalized spacial score (nSPS) is 11.6. The van der Waals surface area contributed by atoms with E-state index in [4.69, 9.17) is 0 Å². The molecule has 0 unspecified atom stereocenters. The molecule has 66 valence electrons. The van der Waals surface area contributed by atoms with Gasteiger partial charge in [0, 0.05) is 0 Å². The Morgan fingerprint density at radius 2 is 2.17 bits per heavy atom. The van der Waals surface area contributed by atoms with E-state index in [9.17, 15) is 0 Å². The summed E-state index contributed by atoms with van der Waals surface area (Å²) in [5, 5.41) is 4.01. The molecule has 1 aromatic rings. The molecule has 0 bridgehead atoms. The van der Waals surface area contributed by atoms with Gasteiger partial charge in [0.15, 0.2) is 0 Å². The lowest BCUT2D eigenvalue weighted by molar-refractivity contribution is 0.460. The summed E-state index contributed by atoms with van der Waals surface area (Å²) in [4.78, 5) is 3.87. The van der Waals surface area contributed by atoms with E-state index < -0.39 is 0 Å². The first kappa shape index (κ1) is 8.97. The molecule has 1 aromatic heterocycles. The highest BCUT2D eigenvalue weighted by Gasteiger charge is 2.14. The molecule has 0 saturated heterocycles. The maximum Gasteiger partial charge on any atom is 0.137 e. The van der Waals surface area contributed by atoms with Gasteiger partial charge < -0.3 is 0 Å². The van der Waals surface area contributed by atoms with E-state index in [2.05, 4.69) is 37.4 Å². The number of nitrogens with zero attached hydrogens (tertiary/aromatic N) is 3. The minimum atomic E-state index is 0.145. The third kappa shape index (κ3) is 2.19. The number of allylic oxidation sites excluding steroid dienone is 1. The Kier molecular flexibility index (Phi) is 2.31. The minimum Gasteiger partial charge on any atom is -0.249 e. The Bertz CT molecular complexity index is 254. The molecule has 3 nitrogen and oxygen atoms in total. The van der Waals surface area contributed by atoms with Gasteiger partial charge in [-0.25, -0.2) is 9.67 Å². The molecule has 0 spiro atoms. The molecular formula is C9H15N3. The van der Waals surface area contributed by atoms with Crippen molar-refractivity contribution in [2.24, 2.45) is 5.41 Å². The van der Waals surface area contributed by atoms with Crippen molar-refractivity contribution in [2.75, 3.05) is 0 Å². The van der Waals surface area contributed by atoms with E-state index in [1.165, 1.54) is 6.33 Å². The summed E-state index contributed by atoms with van der Waals surface area (Å²) in [6.45, 7) is 11.2. The summed E-state index contributed by atoms with van der Waals surface area (Å²) in [5.41, 5.74) is 1.30. The van der Waals surface area contributed by atoms with Crippen LogP contribution in [-0.2, 0) is 6.54 Å². The molecular weight excluding hydrogens is 150 g/mol. The fraction of sp³-hybridized carbons (Fsp3) is 0.556. The van der Waals surface area contributed by atoms with Crippen LogP contribution >= 0.6 is 0 Å². The van der Waals surface area contributed by atoms with Gasteiger partial charge in [-0.05, 0) is 5.41 Å². The van der Waals surface area contributed by atoms with Crippen molar-refractivity contribution in [1.82, 2.24) is 14.8 Å². The van der Waals surface area contributed by atoms with Gasteiger partial charge in [0.25, 0.3) is 0 Å². The average molecular weight is 165 g/mol. The van der Waals surface area contributed by atoms with Crippen molar-refractivity contribution in [2.45, 2.75) is 27.3 Å². The summed E-state index contributed by atoms with van der Waals surface area (Å²) in [5.74, 6) is 0. The van der Waals surface area contributed by atoms with Crippen molar-refractivity contribution in [3.05, 3.63) is 24.8 Å². The lowest BCUT2D eigenvalue weighted by Crippen LogP contribution is -2.14. The lowest BCUT2D eigenvalue weighted by Gasteiger charge is -2.21. The SMILES string of the molecule is C=C(Cn1cncn1)C(C)(C)C. The van der Waals surface area contributed by atoms with Crippen LogP contribution in [0.25, 0.3) is 0 Å². The van der Waals surface area contributed by atoms with Crippen molar-refractivity contribution in [3.8, 4) is 0 Å². The number of hydrogen-bond acceptors (Lipinski definition) is 2. The van der Waals surface area contributed by atoms with E-state index in [0.717, 1.165) is 12.1 Å². The zero-order chi connectivity index (χ0) is 9.19. The first-order chi connectivity index (χ1) is 5.50.